The van der Waals surface area contributed by atoms with Gasteiger partial charge in [-0.2, -0.15) is 0 Å². The molecular weight excluding hydrogens is 304 g/mol. The summed E-state index contributed by atoms with van der Waals surface area (Å²) in [5.41, 5.74) is -0.259. The molecule has 0 aliphatic carbocycles. The van der Waals surface area contributed by atoms with Crippen molar-refractivity contribution in [1.82, 2.24) is 20.0 Å². The number of urea groups is 1. The summed E-state index contributed by atoms with van der Waals surface area (Å²) in [5.74, 6) is 0.238. The van der Waals surface area contributed by atoms with Crippen molar-refractivity contribution < 1.29 is 9.59 Å². The first-order valence-corrected chi connectivity index (χ1v) is 8.05. The number of nitrogens with zero attached hydrogens (tertiary/aromatic N) is 3. The zero-order valence-electron chi connectivity index (χ0n) is 13.9. The van der Waals surface area contributed by atoms with Crippen LogP contribution < -0.4 is 5.32 Å². The zero-order valence-corrected chi connectivity index (χ0v) is 14.7. The lowest BCUT2D eigenvalue weighted by atomic mass is 9.88. The number of carbonyl (C=O) groups excluding carboxylic acids is 2. The number of piperazine rings is 1. The number of hydrogen-bond donors (Lipinski definition) is 1. The molecule has 3 amide bonds. The van der Waals surface area contributed by atoms with Gasteiger partial charge in [0.15, 0.2) is 0 Å². The molecule has 0 aromatic heterocycles. The Morgan fingerprint density at radius 1 is 1.09 bits per heavy atom. The van der Waals surface area contributed by atoms with Gasteiger partial charge < -0.3 is 20.0 Å². The van der Waals surface area contributed by atoms with Crippen molar-refractivity contribution >= 4 is 24.3 Å². The van der Waals surface area contributed by atoms with Crippen LogP contribution in [0.4, 0.5) is 4.79 Å². The van der Waals surface area contributed by atoms with Crippen LogP contribution in [0.3, 0.4) is 0 Å². The quantitative estimate of drug-likeness (QED) is 0.839. The third-order valence-corrected chi connectivity index (χ3v) is 4.76. The number of hydrogen-bond acceptors (Lipinski definition) is 3. The molecule has 6 nitrogen and oxygen atoms in total. The first kappa shape index (κ1) is 19.0. The molecule has 0 radical (unpaired) electrons. The van der Waals surface area contributed by atoms with Crippen LogP contribution in [-0.2, 0) is 4.79 Å². The second-order valence-electron chi connectivity index (χ2n) is 6.22. The van der Waals surface area contributed by atoms with E-state index in [1.165, 1.54) is 0 Å². The molecule has 2 heterocycles. The van der Waals surface area contributed by atoms with Gasteiger partial charge in [0.05, 0.1) is 5.41 Å². The maximum Gasteiger partial charge on any atom is 0.320 e. The minimum atomic E-state index is -0.259. The Morgan fingerprint density at radius 3 is 2.09 bits per heavy atom. The summed E-state index contributed by atoms with van der Waals surface area (Å²) in [5, 5.41) is 3.27. The van der Waals surface area contributed by atoms with Gasteiger partial charge in [-0.1, -0.05) is 0 Å². The van der Waals surface area contributed by atoms with Gasteiger partial charge in [0.2, 0.25) is 5.91 Å². The van der Waals surface area contributed by atoms with Crippen LogP contribution in [0.15, 0.2) is 0 Å². The summed E-state index contributed by atoms with van der Waals surface area (Å²) < 4.78 is 0. The molecule has 0 aromatic carbocycles. The van der Waals surface area contributed by atoms with E-state index < -0.39 is 0 Å². The van der Waals surface area contributed by atoms with E-state index in [2.05, 4.69) is 5.32 Å². The predicted molar refractivity (Wildman–Crippen MR) is 89.3 cm³/mol. The first-order valence-electron chi connectivity index (χ1n) is 8.05. The van der Waals surface area contributed by atoms with E-state index in [4.69, 9.17) is 0 Å². The molecule has 2 aliphatic rings. The van der Waals surface area contributed by atoms with Crippen molar-refractivity contribution in [1.29, 1.82) is 0 Å². The third-order valence-electron chi connectivity index (χ3n) is 4.76. The second kappa shape index (κ2) is 8.02. The van der Waals surface area contributed by atoms with Crippen molar-refractivity contribution in [2.24, 2.45) is 5.41 Å². The Kier molecular flexibility index (Phi) is 6.94. The predicted octanol–water partition coefficient (Wildman–Crippen LogP) is 1.01. The maximum atomic E-state index is 12.6. The summed E-state index contributed by atoms with van der Waals surface area (Å²) in [7, 11) is 0. The van der Waals surface area contributed by atoms with Gasteiger partial charge in [-0.15, -0.1) is 12.4 Å². The Morgan fingerprint density at radius 2 is 1.64 bits per heavy atom. The fourth-order valence-electron chi connectivity index (χ4n) is 3.18. The van der Waals surface area contributed by atoms with Crippen LogP contribution in [-0.4, -0.2) is 79.0 Å². The monoisotopic (exact) mass is 332 g/mol. The fraction of sp³-hybridized carbons (Fsp3) is 0.867. The number of amides is 3. The molecule has 1 atom stereocenters. The topological polar surface area (TPSA) is 55.9 Å². The molecule has 2 fully saturated rings. The highest BCUT2D eigenvalue weighted by Gasteiger charge is 2.40. The van der Waals surface area contributed by atoms with Gasteiger partial charge in [-0.25, -0.2) is 4.79 Å². The fourth-order valence-corrected chi connectivity index (χ4v) is 3.18. The SMILES string of the molecule is CCN(CC)C(=O)N1CCN(C(=O)C2(C)CCNC2)CC1.Cl. The van der Waals surface area contributed by atoms with Crippen molar-refractivity contribution in [3.8, 4) is 0 Å². The highest BCUT2D eigenvalue weighted by molar-refractivity contribution is 5.85. The summed E-state index contributed by atoms with van der Waals surface area (Å²) in [6, 6.07) is 0.0980. The van der Waals surface area contributed by atoms with E-state index in [-0.39, 0.29) is 29.8 Å². The van der Waals surface area contributed by atoms with Crippen LogP contribution >= 0.6 is 12.4 Å². The average Bonchev–Trinajstić information content (AvgIpc) is 2.96. The van der Waals surface area contributed by atoms with Gasteiger partial charge in [0.25, 0.3) is 0 Å². The number of nitrogens with one attached hydrogen (secondary N) is 1. The Labute approximate surface area is 139 Å². The molecule has 0 bridgehead atoms. The van der Waals surface area contributed by atoms with Crippen LogP contribution in [0, 0.1) is 5.41 Å². The number of rotatable bonds is 3. The normalized spacial score (nSPS) is 24.9. The molecule has 7 heteroatoms. The minimum Gasteiger partial charge on any atom is -0.339 e. The van der Waals surface area contributed by atoms with Crippen LogP contribution in [0.25, 0.3) is 0 Å². The molecule has 1 N–H and O–H groups in total. The van der Waals surface area contributed by atoms with E-state index in [1.54, 1.807) is 0 Å². The smallest absolute Gasteiger partial charge is 0.320 e. The molecule has 0 saturated carbocycles. The van der Waals surface area contributed by atoms with E-state index in [0.717, 1.165) is 32.6 Å². The van der Waals surface area contributed by atoms with Gasteiger partial charge in [-0.3, -0.25) is 4.79 Å². The van der Waals surface area contributed by atoms with Crippen LogP contribution in [0.2, 0.25) is 0 Å². The summed E-state index contributed by atoms with van der Waals surface area (Å²) in [6.45, 7) is 11.8. The molecule has 0 spiro atoms. The highest BCUT2D eigenvalue weighted by Crippen LogP contribution is 2.27. The van der Waals surface area contributed by atoms with Crippen LogP contribution in [0.5, 0.6) is 0 Å². The van der Waals surface area contributed by atoms with E-state index in [9.17, 15) is 9.59 Å². The molecule has 22 heavy (non-hydrogen) atoms. The second-order valence-corrected chi connectivity index (χ2v) is 6.22. The molecule has 0 aromatic rings. The largest absolute Gasteiger partial charge is 0.339 e. The minimum absolute atomic E-state index is 0. The molecule has 2 saturated heterocycles. The van der Waals surface area contributed by atoms with Crippen molar-refractivity contribution in [3.05, 3.63) is 0 Å². The summed E-state index contributed by atoms with van der Waals surface area (Å²) >= 11 is 0. The molecule has 128 valence electrons. The van der Waals surface area contributed by atoms with Crippen molar-refractivity contribution in [2.45, 2.75) is 27.2 Å². The number of carbonyl (C=O) groups is 2. The molecule has 2 aliphatic heterocycles. The standard InChI is InChI=1S/C15H28N4O2.ClH/c1-4-17(5-2)14(21)19-10-8-18(9-11-19)13(20)15(3)6-7-16-12-15;/h16H,4-12H2,1-3H3;1H. The van der Waals surface area contributed by atoms with Gasteiger partial charge >= 0.3 is 6.03 Å². The molecule has 2 rings (SSSR count). The lowest BCUT2D eigenvalue weighted by molar-refractivity contribution is -0.141. The van der Waals surface area contributed by atoms with Crippen molar-refractivity contribution in [3.63, 3.8) is 0 Å². The lowest BCUT2D eigenvalue weighted by Crippen LogP contribution is -2.56. The zero-order chi connectivity index (χ0) is 15.5. The lowest BCUT2D eigenvalue weighted by Gasteiger charge is -2.39. The van der Waals surface area contributed by atoms with Gasteiger partial charge in [0, 0.05) is 45.8 Å². The summed E-state index contributed by atoms with van der Waals surface area (Å²) in [6.07, 6.45) is 0.907. The maximum absolute atomic E-state index is 12.6. The van der Waals surface area contributed by atoms with Gasteiger partial charge in [-0.05, 0) is 33.7 Å². The Bertz CT molecular complexity index is 387. The Balaban J connectivity index is 0.00000242. The van der Waals surface area contributed by atoms with E-state index in [1.807, 2.05) is 35.5 Å². The summed E-state index contributed by atoms with van der Waals surface area (Å²) in [4.78, 5) is 30.5. The number of halogens is 1. The van der Waals surface area contributed by atoms with Crippen LogP contribution in [0.1, 0.15) is 27.2 Å². The molecule has 1 unspecified atom stereocenters. The molecular formula is C15H29ClN4O2. The first-order chi connectivity index (χ1) is 10.0. The van der Waals surface area contributed by atoms with Crippen molar-refractivity contribution in [2.75, 3.05) is 52.4 Å². The van der Waals surface area contributed by atoms with E-state index >= 15 is 0 Å². The third kappa shape index (κ3) is 3.84. The van der Waals surface area contributed by atoms with E-state index in [0.29, 0.717) is 26.2 Å². The Hall–Kier alpha value is -1.01. The average molecular weight is 333 g/mol. The highest BCUT2D eigenvalue weighted by atomic mass is 35.5. The van der Waals surface area contributed by atoms with Gasteiger partial charge in [0.1, 0.15) is 0 Å².